The third kappa shape index (κ3) is 4.72. The molecular weight excluding hydrogens is 403 g/mol. The first-order chi connectivity index (χ1) is 13.5. The van der Waals surface area contributed by atoms with Crippen molar-refractivity contribution >= 4 is 15.7 Å². The lowest BCUT2D eigenvalue weighted by molar-refractivity contribution is -0.131. The number of benzene rings is 1. The highest BCUT2D eigenvalue weighted by Gasteiger charge is 2.43. The van der Waals surface area contributed by atoms with E-state index in [2.05, 4.69) is 0 Å². The summed E-state index contributed by atoms with van der Waals surface area (Å²) in [6.45, 7) is 1.12. The number of sulfone groups is 1. The maximum absolute atomic E-state index is 14.8. The number of rotatable bonds is 8. The van der Waals surface area contributed by atoms with Gasteiger partial charge in [-0.25, -0.2) is 18.3 Å². The second-order valence-corrected chi connectivity index (χ2v) is 9.30. The third-order valence-electron chi connectivity index (χ3n) is 4.91. The second kappa shape index (κ2) is 8.85. The Kier molecular flexibility index (Phi) is 6.93. The van der Waals surface area contributed by atoms with Gasteiger partial charge in [-0.1, -0.05) is 24.3 Å². The van der Waals surface area contributed by atoms with Crippen molar-refractivity contribution in [3.8, 4) is 11.1 Å². The van der Waals surface area contributed by atoms with Crippen LogP contribution in [-0.2, 0) is 32.5 Å². The molecular formula is C19H23FN2O6S. The number of aryl methyl sites for hydroxylation is 1. The fourth-order valence-electron chi connectivity index (χ4n) is 2.91. The average molecular weight is 426 g/mol. The van der Waals surface area contributed by atoms with Crippen LogP contribution in [0.5, 0.6) is 0 Å². The number of carbonyl (C=O) groups excluding carboxylic acids is 1. The summed E-state index contributed by atoms with van der Waals surface area (Å²) in [5.41, 5.74) is 2.08. The van der Waals surface area contributed by atoms with Crippen molar-refractivity contribution in [2.24, 2.45) is 0 Å². The van der Waals surface area contributed by atoms with Crippen molar-refractivity contribution in [3.05, 3.63) is 58.3 Å². The maximum Gasteiger partial charge on any atom is 0.264 e. The van der Waals surface area contributed by atoms with E-state index in [0.29, 0.717) is 11.1 Å². The van der Waals surface area contributed by atoms with Crippen molar-refractivity contribution in [3.63, 3.8) is 0 Å². The number of hydrogen-bond acceptors (Lipinski definition) is 6. The molecule has 29 heavy (non-hydrogen) atoms. The molecule has 2 aromatic rings. The SMILES string of the molecule is COCc1ccccc1-c1cc(=O)n(CCC(C)(C(=O)NO)S(C)(=O)=O)cc1F. The van der Waals surface area contributed by atoms with Gasteiger partial charge in [-0.15, -0.1) is 0 Å². The number of amides is 1. The van der Waals surface area contributed by atoms with Crippen molar-refractivity contribution in [2.45, 2.75) is 31.2 Å². The first-order valence-corrected chi connectivity index (χ1v) is 10.6. The van der Waals surface area contributed by atoms with Crippen LogP contribution in [0.25, 0.3) is 11.1 Å². The topological polar surface area (TPSA) is 115 Å². The number of methoxy groups -OCH3 is 1. The van der Waals surface area contributed by atoms with Gasteiger partial charge in [0.1, 0.15) is 5.82 Å². The lowest BCUT2D eigenvalue weighted by atomic mass is 10.0. The first kappa shape index (κ1) is 22.7. The summed E-state index contributed by atoms with van der Waals surface area (Å²) >= 11 is 0. The van der Waals surface area contributed by atoms with Gasteiger partial charge in [-0.05, 0) is 24.5 Å². The minimum atomic E-state index is -3.93. The quantitative estimate of drug-likeness (QED) is 0.488. The predicted molar refractivity (Wildman–Crippen MR) is 105 cm³/mol. The lowest BCUT2D eigenvalue weighted by Crippen LogP contribution is -2.50. The van der Waals surface area contributed by atoms with Crippen LogP contribution < -0.4 is 11.0 Å². The van der Waals surface area contributed by atoms with Gasteiger partial charge in [0.2, 0.25) is 0 Å². The Morgan fingerprint density at radius 3 is 2.55 bits per heavy atom. The Hall–Kier alpha value is -2.56. The lowest BCUT2D eigenvalue weighted by Gasteiger charge is -2.25. The van der Waals surface area contributed by atoms with Gasteiger partial charge in [0.25, 0.3) is 11.5 Å². The predicted octanol–water partition coefficient (Wildman–Crippen LogP) is 1.50. The van der Waals surface area contributed by atoms with Crippen LogP contribution in [0.3, 0.4) is 0 Å². The molecule has 8 nitrogen and oxygen atoms in total. The van der Waals surface area contributed by atoms with Gasteiger partial charge in [0.15, 0.2) is 14.6 Å². The molecule has 2 rings (SSSR count). The van der Waals surface area contributed by atoms with E-state index in [1.165, 1.54) is 12.6 Å². The van der Waals surface area contributed by atoms with Crippen LogP contribution in [0.1, 0.15) is 18.9 Å². The Labute approximate surface area is 167 Å². The molecule has 1 aromatic carbocycles. The summed E-state index contributed by atoms with van der Waals surface area (Å²) in [5.74, 6) is -1.81. The summed E-state index contributed by atoms with van der Waals surface area (Å²) < 4.78 is 42.9. The van der Waals surface area contributed by atoms with E-state index in [1.54, 1.807) is 24.3 Å². The fraction of sp³-hybridized carbons (Fsp3) is 0.368. The number of halogens is 1. The largest absolute Gasteiger partial charge is 0.380 e. The van der Waals surface area contributed by atoms with Gasteiger partial charge in [-0.3, -0.25) is 14.8 Å². The molecule has 10 heteroatoms. The Balaban J connectivity index is 2.40. The van der Waals surface area contributed by atoms with Crippen LogP contribution in [-0.4, -0.2) is 42.2 Å². The molecule has 1 unspecified atom stereocenters. The number of pyridine rings is 1. The number of ether oxygens (including phenoxy) is 1. The minimum Gasteiger partial charge on any atom is -0.380 e. The zero-order valence-corrected chi connectivity index (χ0v) is 17.1. The number of hydroxylamine groups is 1. The highest BCUT2D eigenvalue weighted by molar-refractivity contribution is 7.92. The number of hydrogen-bond donors (Lipinski definition) is 2. The molecule has 1 atom stereocenters. The molecule has 1 aromatic heterocycles. The van der Waals surface area contributed by atoms with Gasteiger partial charge in [0, 0.05) is 37.7 Å². The Morgan fingerprint density at radius 1 is 1.31 bits per heavy atom. The highest BCUT2D eigenvalue weighted by Crippen LogP contribution is 2.26. The molecule has 0 aliphatic rings. The van der Waals surface area contributed by atoms with Crippen molar-refractivity contribution in [2.75, 3.05) is 13.4 Å². The van der Waals surface area contributed by atoms with Crippen LogP contribution in [0.2, 0.25) is 0 Å². The zero-order chi connectivity index (χ0) is 21.8. The fourth-order valence-corrected chi connectivity index (χ4v) is 3.75. The molecule has 0 radical (unpaired) electrons. The van der Waals surface area contributed by atoms with E-state index < -0.39 is 31.9 Å². The molecule has 0 saturated carbocycles. The molecule has 0 bridgehead atoms. The van der Waals surface area contributed by atoms with Crippen molar-refractivity contribution < 1.29 is 27.5 Å². The summed E-state index contributed by atoms with van der Waals surface area (Å²) in [6, 6.07) is 8.03. The number of carbonyl (C=O) groups is 1. The molecule has 0 fully saturated rings. The van der Waals surface area contributed by atoms with Gasteiger partial charge in [0.05, 0.1) is 6.61 Å². The maximum atomic E-state index is 14.8. The van der Waals surface area contributed by atoms with E-state index in [-0.39, 0.29) is 25.1 Å². The van der Waals surface area contributed by atoms with Crippen LogP contribution >= 0.6 is 0 Å². The van der Waals surface area contributed by atoms with Crippen LogP contribution in [0.15, 0.2) is 41.3 Å². The molecule has 2 N–H and O–H groups in total. The van der Waals surface area contributed by atoms with Crippen LogP contribution in [0.4, 0.5) is 4.39 Å². The average Bonchev–Trinajstić information content (AvgIpc) is 2.67. The summed E-state index contributed by atoms with van der Waals surface area (Å²) in [7, 11) is -2.42. The van der Waals surface area contributed by atoms with Crippen LogP contribution in [0, 0.1) is 5.82 Å². The molecule has 158 valence electrons. The standard InChI is InChI=1S/C19H23FN2O6S/c1-19(18(24)21-25,29(3,26)27)8-9-22-11-16(20)15(10-17(22)23)14-7-5-4-6-13(14)12-28-2/h4-7,10-11,25H,8-9,12H2,1-3H3,(H,21,24). The minimum absolute atomic E-state index is 0.0953. The van der Waals surface area contributed by atoms with E-state index in [9.17, 15) is 22.4 Å². The Morgan fingerprint density at radius 2 is 1.97 bits per heavy atom. The molecule has 0 saturated heterocycles. The van der Waals surface area contributed by atoms with Gasteiger partial charge in [-0.2, -0.15) is 0 Å². The van der Waals surface area contributed by atoms with Crippen molar-refractivity contribution in [1.29, 1.82) is 0 Å². The van der Waals surface area contributed by atoms with Crippen molar-refractivity contribution in [1.82, 2.24) is 10.0 Å². The normalized spacial score (nSPS) is 13.7. The van der Waals surface area contributed by atoms with Gasteiger partial charge >= 0.3 is 0 Å². The number of aromatic nitrogens is 1. The Bertz CT molecular complexity index is 1070. The summed E-state index contributed by atoms with van der Waals surface area (Å²) in [6.07, 6.45) is 1.49. The number of nitrogens with one attached hydrogen (secondary N) is 1. The molecule has 0 aliphatic heterocycles. The van der Waals surface area contributed by atoms with E-state index in [0.717, 1.165) is 30.0 Å². The van der Waals surface area contributed by atoms with E-state index >= 15 is 0 Å². The monoisotopic (exact) mass is 426 g/mol. The summed E-state index contributed by atoms with van der Waals surface area (Å²) in [4.78, 5) is 24.4. The smallest absolute Gasteiger partial charge is 0.264 e. The van der Waals surface area contributed by atoms with Gasteiger partial charge < -0.3 is 9.30 Å². The molecule has 0 aliphatic carbocycles. The molecule has 1 heterocycles. The van der Waals surface area contributed by atoms with E-state index in [4.69, 9.17) is 9.94 Å². The first-order valence-electron chi connectivity index (χ1n) is 8.66. The molecule has 1 amide bonds. The second-order valence-electron chi connectivity index (χ2n) is 6.85. The summed E-state index contributed by atoms with van der Waals surface area (Å²) in [5, 5.41) is 8.86. The third-order valence-corrected chi connectivity index (χ3v) is 6.94. The zero-order valence-electron chi connectivity index (χ0n) is 16.3. The number of nitrogens with zero attached hydrogens (tertiary/aromatic N) is 1. The molecule has 0 spiro atoms. The van der Waals surface area contributed by atoms with E-state index in [1.807, 2.05) is 0 Å². The highest BCUT2D eigenvalue weighted by atomic mass is 32.2.